The molecule has 208 valence electrons. The van der Waals surface area contributed by atoms with Gasteiger partial charge in [0.2, 0.25) is 5.71 Å². The van der Waals surface area contributed by atoms with Gasteiger partial charge in [-0.2, -0.15) is 4.58 Å². The summed E-state index contributed by atoms with van der Waals surface area (Å²) in [5.74, 6) is 0.206. The van der Waals surface area contributed by atoms with E-state index < -0.39 is 6.17 Å². The Kier molecular flexibility index (Phi) is 7.18. The number of pyridine rings is 1. The predicted octanol–water partition coefficient (Wildman–Crippen LogP) is 2.57. The highest BCUT2D eigenvalue weighted by molar-refractivity contribution is 6.37. The topological polar surface area (TPSA) is 94.3 Å². The Balaban J connectivity index is 1.31. The minimum absolute atomic E-state index is 0.0110. The van der Waals surface area contributed by atoms with Crippen molar-refractivity contribution in [3.63, 3.8) is 0 Å². The predicted molar refractivity (Wildman–Crippen MR) is 151 cm³/mol. The lowest BCUT2D eigenvalue weighted by Crippen LogP contribution is -2.45. The zero-order valence-corrected chi connectivity index (χ0v) is 22.9. The molecule has 4 aliphatic rings. The van der Waals surface area contributed by atoms with Crippen molar-refractivity contribution in [2.24, 2.45) is 4.99 Å². The molecule has 0 bridgehead atoms. The van der Waals surface area contributed by atoms with E-state index in [1.54, 1.807) is 19.5 Å². The summed E-state index contributed by atoms with van der Waals surface area (Å²) in [5, 5.41) is 6.36. The van der Waals surface area contributed by atoms with Crippen molar-refractivity contribution in [2.75, 3.05) is 57.7 Å². The smallest absolute Gasteiger partial charge is 0.274 e. The van der Waals surface area contributed by atoms with Gasteiger partial charge in [0, 0.05) is 51.0 Å². The molecule has 0 spiro atoms. The first-order valence-corrected chi connectivity index (χ1v) is 13.4. The molecule has 1 fully saturated rings. The first kappa shape index (κ1) is 26.3. The molecule has 10 nitrogen and oxygen atoms in total. The number of nitrogens with one attached hydrogen (secondary N) is 2. The van der Waals surface area contributed by atoms with E-state index in [0.717, 1.165) is 41.3 Å². The summed E-state index contributed by atoms with van der Waals surface area (Å²) in [7, 11) is 5.72. The van der Waals surface area contributed by atoms with Gasteiger partial charge in [-0.3, -0.25) is 4.79 Å². The molecule has 1 amide bonds. The van der Waals surface area contributed by atoms with Crippen molar-refractivity contribution in [2.45, 2.75) is 25.4 Å². The molecule has 5 heterocycles. The van der Waals surface area contributed by atoms with Crippen LogP contribution in [0.3, 0.4) is 0 Å². The largest absolute Gasteiger partial charge is 0.382 e. The van der Waals surface area contributed by atoms with Gasteiger partial charge in [0.1, 0.15) is 17.9 Å². The lowest BCUT2D eigenvalue weighted by atomic mass is 9.97. The summed E-state index contributed by atoms with van der Waals surface area (Å²) >= 11 is 0. The van der Waals surface area contributed by atoms with Gasteiger partial charge in [-0.05, 0) is 38.4 Å². The van der Waals surface area contributed by atoms with E-state index in [2.05, 4.69) is 31.5 Å². The van der Waals surface area contributed by atoms with Gasteiger partial charge in [-0.25, -0.2) is 14.4 Å². The number of hydrogen-bond donors (Lipinski definition) is 2. The normalized spacial score (nSPS) is 21.6. The monoisotopic (exact) mass is 546 g/mol. The number of halogens is 1. The second-order valence-electron chi connectivity index (χ2n) is 10.5. The number of morpholine rings is 1. The molecule has 1 unspecified atom stereocenters. The maximum atomic E-state index is 13.7. The molecule has 1 aromatic carbocycles. The summed E-state index contributed by atoms with van der Waals surface area (Å²) in [5.41, 5.74) is 5.87. The third-order valence-corrected chi connectivity index (χ3v) is 7.37. The van der Waals surface area contributed by atoms with Crippen LogP contribution in [0.15, 0.2) is 53.4 Å². The number of hydrogen-bond acceptors (Lipinski definition) is 8. The van der Waals surface area contributed by atoms with Crippen LogP contribution in [-0.2, 0) is 22.6 Å². The Bertz CT molecular complexity index is 1460. The summed E-state index contributed by atoms with van der Waals surface area (Å²) in [4.78, 5) is 26.8. The van der Waals surface area contributed by atoms with Crippen molar-refractivity contribution in [3.8, 4) is 0 Å². The molecule has 1 saturated heterocycles. The molecule has 0 radical (unpaired) electrons. The highest BCUT2D eigenvalue weighted by Gasteiger charge is 2.35. The molecule has 0 aliphatic carbocycles. The summed E-state index contributed by atoms with van der Waals surface area (Å²) in [6.07, 6.45) is 5.92. The molecule has 1 aromatic heterocycles. The Morgan fingerprint density at radius 1 is 1.30 bits per heavy atom. The number of rotatable bonds is 8. The van der Waals surface area contributed by atoms with Crippen LogP contribution < -0.4 is 15.5 Å². The third kappa shape index (κ3) is 5.03. The van der Waals surface area contributed by atoms with Gasteiger partial charge in [0.25, 0.3) is 12.1 Å². The second-order valence-corrected chi connectivity index (χ2v) is 10.5. The minimum atomic E-state index is -0.410. The Hall–Kier alpha value is -3.93. The number of anilines is 3. The Morgan fingerprint density at radius 3 is 3.00 bits per heavy atom. The van der Waals surface area contributed by atoms with Crippen molar-refractivity contribution in [1.82, 2.24) is 15.2 Å². The standard InChI is InChI=1S/C29H32FN7O3/c1-35(2)16-23-24(36-10-11-40-19(15-36)17-39-3)6-7-26(34-23)33-22-5-4-20(21-13-32-29(38)28(21)22)25-14-31-27-12-18(30)8-9-37(25)27/h4-9,12,14,19,27H,10-11,13,15-17H2,1-3H3,(H,32,38)/p+1/t19-,27?/m1/s1. The number of amides is 1. The van der Waals surface area contributed by atoms with E-state index >= 15 is 0 Å². The Morgan fingerprint density at radius 2 is 2.17 bits per heavy atom. The van der Waals surface area contributed by atoms with E-state index in [1.165, 1.54) is 12.2 Å². The summed E-state index contributed by atoms with van der Waals surface area (Å²) in [6.45, 7) is 3.75. The van der Waals surface area contributed by atoms with Gasteiger partial charge in [0.15, 0.2) is 6.20 Å². The minimum Gasteiger partial charge on any atom is -0.382 e. The molecular formula is C29H33FN7O3+. The fourth-order valence-corrected chi connectivity index (χ4v) is 5.60. The van der Waals surface area contributed by atoms with E-state index in [4.69, 9.17) is 14.5 Å². The van der Waals surface area contributed by atoms with Gasteiger partial charge in [-0.1, -0.05) is 0 Å². The van der Waals surface area contributed by atoms with Gasteiger partial charge < -0.3 is 29.9 Å². The number of fused-ring (bicyclic) bond motifs is 2. The molecule has 2 aromatic rings. The fourth-order valence-electron chi connectivity index (χ4n) is 5.60. The van der Waals surface area contributed by atoms with Gasteiger partial charge in [0.05, 0.1) is 47.5 Å². The average Bonchev–Trinajstić information content (AvgIpc) is 3.53. The first-order valence-electron chi connectivity index (χ1n) is 13.4. The molecule has 2 atom stereocenters. The maximum Gasteiger partial charge on any atom is 0.274 e. The van der Waals surface area contributed by atoms with E-state index in [-0.39, 0.29) is 17.8 Å². The van der Waals surface area contributed by atoms with Crippen LogP contribution in [0, 0.1) is 0 Å². The lowest BCUT2D eigenvalue weighted by Gasteiger charge is -2.35. The van der Waals surface area contributed by atoms with Crippen molar-refractivity contribution in [1.29, 1.82) is 0 Å². The molecule has 4 aliphatic heterocycles. The van der Waals surface area contributed by atoms with Crippen LogP contribution in [0.4, 0.5) is 21.6 Å². The Labute approximate surface area is 232 Å². The van der Waals surface area contributed by atoms with Gasteiger partial charge in [-0.15, -0.1) is 0 Å². The van der Waals surface area contributed by atoms with Gasteiger partial charge >= 0.3 is 0 Å². The number of ether oxygens (including phenoxy) is 2. The molecule has 6 rings (SSSR count). The van der Waals surface area contributed by atoms with E-state index in [0.29, 0.717) is 43.4 Å². The fraction of sp³-hybridized carbons (Fsp3) is 0.379. The van der Waals surface area contributed by atoms with Crippen LogP contribution in [0.2, 0.25) is 0 Å². The summed E-state index contributed by atoms with van der Waals surface area (Å²) in [6, 6.07) is 7.91. The maximum absolute atomic E-state index is 13.7. The van der Waals surface area contributed by atoms with Crippen molar-refractivity contribution < 1.29 is 23.2 Å². The zero-order valence-electron chi connectivity index (χ0n) is 22.9. The molecule has 40 heavy (non-hydrogen) atoms. The zero-order chi connectivity index (χ0) is 27.8. The molecule has 0 saturated carbocycles. The number of aliphatic imine (C=N–C) groups is 1. The van der Waals surface area contributed by atoms with Crippen molar-refractivity contribution >= 4 is 35.0 Å². The average molecular weight is 547 g/mol. The number of methoxy groups -OCH3 is 1. The van der Waals surface area contributed by atoms with Crippen LogP contribution >= 0.6 is 0 Å². The van der Waals surface area contributed by atoms with E-state index in [1.807, 2.05) is 36.9 Å². The number of carbonyl (C=O) groups excluding carboxylic acids is 1. The van der Waals surface area contributed by atoms with Crippen molar-refractivity contribution in [3.05, 3.63) is 70.8 Å². The number of nitrogens with zero attached hydrogens (tertiary/aromatic N) is 5. The van der Waals surface area contributed by atoms with Crippen LogP contribution in [0.5, 0.6) is 0 Å². The van der Waals surface area contributed by atoms with Crippen LogP contribution in [-0.4, -0.2) is 92.1 Å². The molecule has 2 N–H and O–H groups in total. The number of allylic oxidation sites excluding steroid dienone is 2. The highest BCUT2D eigenvalue weighted by Crippen LogP contribution is 2.32. The SMILES string of the molecule is COC[C@H]1CN(c2ccc(Nc3ccc(C4=[N+]5C=CC(F)=CC5N=C4)c4c3C(=O)NC4)nc2CN(C)C)CCO1. The molecular weight excluding hydrogens is 513 g/mol. The van der Waals surface area contributed by atoms with Crippen LogP contribution in [0.1, 0.15) is 27.2 Å². The second kappa shape index (κ2) is 10.9. The lowest BCUT2D eigenvalue weighted by molar-refractivity contribution is -0.480. The van der Waals surface area contributed by atoms with E-state index in [9.17, 15) is 9.18 Å². The number of carbonyl (C=O) groups is 1. The third-order valence-electron chi connectivity index (χ3n) is 7.37. The summed E-state index contributed by atoms with van der Waals surface area (Å²) < 4.78 is 26.8. The quantitative estimate of drug-likeness (QED) is 0.492. The first-order chi connectivity index (χ1) is 19.4. The number of benzene rings is 1. The van der Waals surface area contributed by atoms with Crippen LogP contribution in [0.25, 0.3) is 0 Å². The highest BCUT2D eigenvalue weighted by atomic mass is 19.1. The number of aromatic nitrogens is 1. The molecule has 11 heteroatoms.